The SMILES string of the molecule is Cc1[c]n[c]c(C)n1. The summed E-state index contributed by atoms with van der Waals surface area (Å²) in [6.07, 6.45) is 5.31. The second-order valence-electron chi connectivity index (χ2n) is 1.62. The minimum absolute atomic E-state index is 0.821. The molecule has 2 heteroatoms. The summed E-state index contributed by atoms with van der Waals surface area (Å²) in [6.45, 7) is 3.71. The topological polar surface area (TPSA) is 25.8 Å². The molecule has 1 aromatic heterocycles. The fourth-order valence-corrected chi connectivity index (χ4v) is 0.491. The van der Waals surface area contributed by atoms with Crippen LogP contribution in [0.5, 0.6) is 0 Å². The van der Waals surface area contributed by atoms with Crippen LogP contribution in [-0.4, -0.2) is 9.97 Å². The molecule has 0 amide bonds. The molecule has 0 bridgehead atoms. The van der Waals surface area contributed by atoms with Crippen LogP contribution in [0.2, 0.25) is 0 Å². The Bertz CT molecular complexity index is 166. The van der Waals surface area contributed by atoms with Crippen molar-refractivity contribution in [2.75, 3.05) is 0 Å². The monoisotopic (exact) mass is 106 g/mol. The maximum absolute atomic E-state index is 4.00. The number of hydrogen-bond donors (Lipinski definition) is 0. The Balaban J connectivity index is 3.08. The number of nitrogens with zero attached hydrogens (tertiary/aromatic N) is 2. The molecule has 8 heavy (non-hydrogen) atoms. The van der Waals surface area contributed by atoms with Crippen LogP contribution in [0.4, 0.5) is 0 Å². The van der Waals surface area contributed by atoms with Crippen LogP contribution in [0.1, 0.15) is 11.4 Å². The summed E-state index contributed by atoms with van der Waals surface area (Å²) in [4.78, 5) is 7.67. The minimum atomic E-state index is 0.821. The van der Waals surface area contributed by atoms with E-state index < -0.39 is 0 Å². The molecule has 0 saturated carbocycles. The summed E-state index contributed by atoms with van der Waals surface area (Å²) in [5.41, 5.74) is 1.64. The summed E-state index contributed by atoms with van der Waals surface area (Å²) in [5, 5.41) is 0. The Kier molecular flexibility index (Phi) is 1.24. The van der Waals surface area contributed by atoms with E-state index in [0.717, 1.165) is 11.4 Å². The molecule has 0 aliphatic heterocycles. The smallest absolute Gasteiger partial charge is 0.113 e. The first kappa shape index (κ1) is 5.22. The van der Waals surface area contributed by atoms with Gasteiger partial charge in [0.25, 0.3) is 0 Å². The zero-order chi connectivity index (χ0) is 5.98. The Hall–Kier alpha value is -0.920. The van der Waals surface area contributed by atoms with E-state index in [1.165, 1.54) is 0 Å². The highest BCUT2D eigenvalue weighted by molar-refractivity contribution is 4.95. The highest BCUT2D eigenvalue weighted by Crippen LogP contribution is 1.87. The van der Waals surface area contributed by atoms with E-state index in [0.29, 0.717) is 0 Å². The van der Waals surface area contributed by atoms with E-state index in [9.17, 15) is 0 Å². The van der Waals surface area contributed by atoms with Crippen LogP contribution in [-0.2, 0) is 0 Å². The van der Waals surface area contributed by atoms with Crippen molar-refractivity contribution in [3.05, 3.63) is 23.8 Å². The van der Waals surface area contributed by atoms with Crippen LogP contribution >= 0.6 is 0 Å². The molecule has 0 unspecified atom stereocenters. The molecule has 2 nitrogen and oxygen atoms in total. The first-order valence-electron chi connectivity index (χ1n) is 2.39. The van der Waals surface area contributed by atoms with Crippen LogP contribution < -0.4 is 0 Å². The Morgan fingerprint density at radius 2 is 1.62 bits per heavy atom. The normalized spacial score (nSPS) is 9.25. The molecule has 0 spiro atoms. The van der Waals surface area contributed by atoms with E-state index in [1.54, 1.807) is 0 Å². The number of rotatable bonds is 0. The molecule has 0 aliphatic carbocycles. The molecule has 40 valence electrons. The number of aromatic nitrogens is 2. The Morgan fingerprint density at radius 1 is 1.12 bits per heavy atom. The summed E-state index contributed by atoms with van der Waals surface area (Å²) >= 11 is 0. The number of hydrogen-bond acceptors (Lipinski definition) is 2. The molecule has 2 radical (unpaired) electrons. The van der Waals surface area contributed by atoms with Crippen molar-refractivity contribution in [1.82, 2.24) is 9.97 Å². The molecular formula is C6H6N2. The standard InChI is InChI=1S/C6H6N2/c1-5-3-7-4-6(2)8-5/h1-2H3. The molecule has 0 saturated heterocycles. The average molecular weight is 106 g/mol. The van der Waals surface area contributed by atoms with Crippen molar-refractivity contribution in [1.29, 1.82) is 0 Å². The van der Waals surface area contributed by atoms with Gasteiger partial charge in [-0.05, 0) is 13.8 Å². The third-order valence-corrected chi connectivity index (χ3v) is 0.771. The second kappa shape index (κ2) is 1.90. The molecule has 1 rings (SSSR count). The van der Waals surface area contributed by atoms with Crippen molar-refractivity contribution in [2.45, 2.75) is 13.8 Å². The molecule has 1 heterocycles. The highest BCUT2D eigenvalue weighted by Gasteiger charge is 1.85. The minimum Gasteiger partial charge on any atom is -0.254 e. The predicted molar refractivity (Wildman–Crippen MR) is 29.2 cm³/mol. The summed E-state index contributed by atoms with van der Waals surface area (Å²) in [7, 11) is 0. The average Bonchev–Trinajstić information content (AvgIpc) is 1.64. The van der Waals surface area contributed by atoms with Gasteiger partial charge in [-0.15, -0.1) is 0 Å². The van der Waals surface area contributed by atoms with Crippen LogP contribution in [0.15, 0.2) is 0 Å². The Morgan fingerprint density at radius 3 is 1.88 bits per heavy atom. The van der Waals surface area contributed by atoms with Gasteiger partial charge in [-0.1, -0.05) is 0 Å². The van der Waals surface area contributed by atoms with Gasteiger partial charge >= 0.3 is 0 Å². The fourth-order valence-electron chi connectivity index (χ4n) is 0.491. The van der Waals surface area contributed by atoms with E-state index in [-0.39, 0.29) is 0 Å². The molecule has 0 aliphatic rings. The lowest BCUT2D eigenvalue weighted by molar-refractivity contribution is 1.04. The first-order valence-corrected chi connectivity index (χ1v) is 2.39. The zero-order valence-corrected chi connectivity index (χ0v) is 4.89. The van der Waals surface area contributed by atoms with Gasteiger partial charge in [0.1, 0.15) is 12.4 Å². The Labute approximate surface area is 48.6 Å². The van der Waals surface area contributed by atoms with Gasteiger partial charge in [-0.3, -0.25) is 4.98 Å². The maximum atomic E-state index is 4.00. The van der Waals surface area contributed by atoms with Crippen LogP contribution in [0.25, 0.3) is 0 Å². The van der Waals surface area contributed by atoms with E-state index in [4.69, 9.17) is 0 Å². The maximum Gasteiger partial charge on any atom is 0.113 e. The molecule has 1 aromatic rings. The van der Waals surface area contributed by atoms with Crippen LogP contribution in [0, 0.1) is 26.2 Å². The van der Waals surface area contributed by atoms with Crippen molar-refractivity contribution in [3.8, 4) is 0 Å². The molecule has 0 fully saturated rings. The van der Waals surface area contributed by atoms with Crippen molar-refractivity contribution >= 4 is 0 Å². The third-order valence-electron chi connectivity index (χ3n) is 0.771. The van der Waals surface area contributed by atoms with Crippen LogP contribution in [0.3, 0.4) is 0 Å². The zero-order valence-electron chi connectivity index (χ0n) is 4.89. The van der Waals surface area contributed by atoms with Crippen molar-refractivity contribution in [3.63, 3.8) is 0 Å². The predicted octanol–water partition coefficient (Wildman–Crippen LogP) is 0.694. The molecule has 0 aromatic carbocycles. The van der Waals surface area contributed by atoms with Crippen molar-refractivity contribution in [2.24, 2.45) is 0 Å². The van der Waals surface area contributed by atoms with Gasteiger partial charge in [-0.2, -0.15) is 0 Å². The molecule has 0 N–H and O–H groups in total. The lowest BCUT2D eigenvalue weighted by atomic mass is 10.4. The van der Waals surface area contributed by atoms with Gasteiger partial charge in [-0.25, -0.2) is 4.98 Å². The van der Waals surface area contributed by atoms with Gasteiger partial charge in [0.2, 0.25) is 0 Å². The summed E-state index contributed by atoms with van der Waals surface area (Å²) < 4.78 is 0. The van der Waals surface area contributed by atoms with Crippen molar-refractivity contribution < 1.29 is 0 Å². The largest absolute Gasteiger partial charge is 0.254 e. The second-order valence-corrected chi connectivity index (χ2v) is 1.62. The van der Waals surface area contributed by atoms with Gasteiger partial charge in [0.15, 0.2) is 0 Å². The quantitative estimate of drug-likeness (QED) is 0.486. The molecular weight excluding hydrogens is 100 g/mol. The van der Waals surface area contributed by atoms with Gasteiger partial charge < -0.3 is 0 Å². The lowest BCUT2D eigenvalue weighted by Crippen LogP contribution is -1.86. The van der Waals surface area contributed by atoms with E-state index in [1.807, 2.05) is 13.8 Å². The highest BCUT2D eigenvalue weighted by atomic mass is 14.8. The van der Waals surface area contributed by atoms with Gasteiger partial charge in [0.05, 0.1) is 11.4 Å². The molecule has 0 atom stereocenters. The summed E-state index contributed by atoms with van der Waals surface area (Å²) in [6, 6.07) is 0. The number of aryl methyl sites for hydroxylation is 2. The van der Waals surface area contributed by atoms with Gasteiger partial charge in [0, 0.05) is 0 Å². The third kappa shape index (κ3) is 1.03. The summed E-state index contributed by atoms with van der Waals surface area (Å²) in [5.74, 6) is 0. The first-order chi connectivity index (χ1) is 3.79. The van der Waals surface area contributed by atoms with E-state index in [2.05, 4.69) is 22.4 Å². The lowest BCUT2D eigenvalue weighted by Gasteiger charge is -1.87. The fraction of sp³-hybridized carbons (Fsp3) is 0.333. The van der Waals surface area contributed by atoms with E-state index >= 15 is 0 Å².